The first kappa shape index (κ1) is 20.8. The summed E-state index contributed by atoms with van der Waals surface area (Å²) in [6, 6.07) is 16.0. The van der Waals surface area contributed by atoms with Crippen LogP contribution in [0.25, 0.3) is 6.08 Å². The van der Waals surface area contributed by atoms with Gasteiger partial charge < -0.3 is 15.0 Å². The van der Waals surface area contributed by atoms with Gasteiger partial charge >= 0.3 is 0 Å². The number of rotatable bonds is 4. The summed E-state index contributed by atoms with van der Waals surface area (Å²) in [5.74, 6) is -0.228. The Morgan fingerprint density at radius 1 is 1.06 bits per heavy atom. The van der Waals surface area contributed by atoms with Crippen molar-refractivity contribution in [1.29, 1.82) is 0 Å². The molecule has 0 atom stereocenters. The number of carbonyl (C=O) groups is 1. The van der Waals surface area contributed by atoms with E-state index < -0.39 is 0 Å². The van der Waals surface area contributed by atoms with Gasteiger partial charge in [0.1, 0.15) is 0 Å². The van der Waals surface area contributed by atoms with Crippen molar-refractivity contribution in [1.82, 2.24) is 4.90 Å². The molecule has 7 heteroatoms. The number of nitrogens with one attached hydrogen (secondary N) is 1. The van der Waals surface area contributed by atoms with Crippen molar-refractivity contribution >= 4 is 45.5 Å². The Kier molecular flexibility index (Phi) is 6.01. The van der Waals surface area contributed by atoms with Gasteiger partial charge in [0.05, 0.1) is 25.1 Å². The molecule has 1 fully saturated rings. The molecular formula is C25H23BrN4O2. The summed E-state index contributed by atoms with van der Waals surface area (Å²) in [7, 11) is 0. The molecule has 2 aromatic rings. The number of amides is 1. The van der Waals surface area contributed by atoms with Crippen LogP contribution < -0.4 is 5.32 Å². The van der Waals surface area contributed by atoms with E-state index >= 15 is 0 Å². The van der Waals surface area contributed by atoms with Gasteiger partial charge in [0, 0.05) is 28.8 Å². The number of fused-ring (bicyclic) bond motifs is 1. The van der Waals surface area contributed by atoms with Gasteiger partial charge in [0.25, 0.3) is 5.91 Å². The summed E-state index contributed by atoms with van der Waals surface area (Å²) in [6.07, 6.45) is 5.92. The van der Waals surface area contributed by atoms with Crippen LogP contribution >= 0.6 is 15.9 Å². The number of hydrogen-bond acceptors (Lipinski definition) is 5. The second kappa shape index (κ2) is 9.22. The van der Waals surface area contributed by atoms with Crippen molar-refractivity contribution in [3.8, 4) is 0 Å². The standard InChI is InChI=1S/C25H23BrN4O2/c26-20-8-9-22-21(15-20)23(25(31)28-22)29-27-16-19-7-6-18(14-17-4-2-1-3-5-17)24(19)30-10-12-32-13-11-30/h1-5,8-9,14-16H,6-7,10-13H2,(H,28,29,31)/b18-14+,27-16+. The Balaban J connectivity index is 1.48. The number of anilines is 1. The van der Waals surface area contributed by atoms with E-state index in [2.05, 4.69) is 66.7 Å². The summed E-state index contributed by atoms with van der Waals surface area (Å²) in [5.41, 5.74) is 6.72. The topological polar surface area (TPSA) is 66.3 Å². The molecule has 0 spiro atoms. The molecule has 1 N–H and O–H groups in total. The van der Waals surface area contributed by atoms with E-state index in [4.69, 9.17) is 4.74 Å². The van der Waals surface area contributed by atoms with Crippen molar-refractivity contribution in [2.75, 3.05) is 31.6 Å². The molecule has 0 bridgehead atoms. The van der Waals surface area contributed by atoms with Gasteiger partial charge in [0.15, 0.2) is 5.71 Å². The fourth-order valence-corrected chi connectivity index (χ4v) is 4.66. The summed E-state index contributed by atoms with van der Waals surface area (Å²) in [6.45, 7) is 3.16. The number of morpholine rings is 1. The van der Waals surface area contributed by atoms with E-state index in [9.17, 15) is 4.79 Å². The number of carbonyl (C=O) groups excluding carboxylic acids is 1. The summed E-state index contributed by atoms with van der Waals surface area (Å²) in [4.78, 5) is 14.7. The van der Waals surface area contributed by atoms with Crippen LogP contribution in [0.15, 0.2) is 80.0 Å². The van der Waals surface area contributed by atoms with E-state index in [1.165, 1.54) is 16.8 Å². The number of ether oxygens (including phenoxy) is 1. The van der Waals surface area contributed by atoms with Crippen LogP contribution in [0.5, 0.6) is 0 Å². The zero-order valence-corrected chi connectivity index (χ0v) is 19.1. The van der Waals surface area contributed by atoms with Crippen molar-refractivity contribution in [2.45, 2.75) is 12.8 Å². The maximum atomic E-state index is 12.4. The molecule has 5 rings (SSSR count). The third kappa shape index (κ3) is 4.31. The highest BCUT2D eigenvalue weighted by Gasteiger charge is 2.27. The SMILES string of the molecule is O=C1Nc2ccc(Br)cc2/C1=N\N=C\C1=C(N2CCOCC2)C(=C/c2ccccc2)/CC1. The van der Waals surface area contributed by atoms with Crippen molar-refractivity contribution < 1.29 is 9.53 Å². The molecule has 1 saturated heterocycles. The van der Waals surface area contributed by atoms with Gasteiger partial charge in [0.2, 0.25) is 0 Å². The van der Waals surface area contributed by atoms with Gasteiger partial charge in [-0.2, -0.15) is 5.10 Å². The van der Waals surface area contributed by atoms with Gasteiger partial charge in [-0.25, -0.2) is 0 Å². The molecular weight excluding hydrogens is 468 g/mol. The molecule has 1 amide bonds. The lowest BCUT2D eigenvalue weighted by Crippen LogP contribution is -2.36. The van der Waals surface area contributed by atoms with Crippen LogP contribution in [0, 0.1) is 0 Å². The first-order chi connectivity index (χ1) is 15.7. The molecule has 2 aromatic carbocycles. The van der Waals surface area contributed by atoms with Crippen LogP contribution in [-0.2, 0) is 9.53 Å². The number of nitrogens with zero attached hydrogens (tertiary/aromatic N) is 3. The normalized spacial score (nSPS) is 21.2. The predicted octanol–water partition coefficient (Wildman–Crippen LogP) is 4.64. The predicted molar refractivity (Wildman–Crippen MR) is 131 cm³/mol. The summed E-state index contributed by atoms with van der Waals surface area (Å²) in [5, 5.41) is 11.5. The van der Waals surface area contributed by atoms with Gasteiger partial charge in [-0.05, 0) is 53.8 Å². The zero-order chi connectivity index (χ0) is 21.9. The largest absolute Gasteiger partial charge is 0.378 e. The van der Waals surface area contributed by atoms with Crippen LogP contribution in [0.4, 0.5) is 5.69 Å². The number of halogens is 1. The Hall–Kier alpha value is -3.03. The minimum absolute atomic E-state index is 0.228. The second-order valence-electron chi connectivity index (χ2n) is 7.89. The number of hydrogen-bond donors (Lipinski definition) is 1. The summed E-state index contributed by atoms with van der Waals surface area (Å²) < 4.78 is 6.46. The minimum Gasteiger partial charge on any atom is -0.378 e. The van der Waals surface area contributed by atoms with Crippen LogP contribution in [-0.4, -0.2) is 49.0 Å². The fourth-order valence-electron chi connectivity index (χ4n) is 4.30. The lowest BCUT2D eigenvalue weighted by Gasteiger charge is -2.31. The number of allylic oxidation sites excluding steroid dienone is 2. The van der Waals surface area contributed by atoms with Crippen LogP contribution in [0.2, 0.25) is 0 Å². The third-order valence-corrected chi connectivity index (χ3v) is 6.30. The van der Waals surface area contributed by atoms with E-state index in [0.29, 0.717) is 5.71 Å². The van der Waals surface area contributed by atoms with Gasteiger partial charge in [-0.1, -0.05) is 46.3 Å². The highest BCUT2D eigenvalue weighted by molar-refractivity contribution is 9.10. The molecule has 2 heterocycles. The van der Waals surface area contributed by atoms with Gasteiger partial charge in [-0.15, -0.1) is 5.10 Å². The van der Waals surface area contributed by atoms with Crippen molar-refractivity contribution in [2.24, 2.45) is 10.2 Å². The molecule has 0 unspecified atom stereocenters. The Bertz CT molecular complexity index is 1160. The highest BCUT2D eigenvalue weighted by Crippen LogP contribution is 2.35. The molecule has 32 heavy (non-hydrogen) atoms. The molecule has 0 radical (unpaired) electrons. The first-order valence-electron chi connectivity index (χ1n) is 10.7. The average Bonchev–Trinajstić information content (AvgIpc) is 3.35. The Morgan fingerprint density at radius 3 is 2.69 bits per heavy atom. The smallest absolute Gasteiger partial charge is 0.276 e. The number of benzene rings is 2. The summed E-state index contributed by atoms with van der Waals surface area (Å²) >= 11 is 3.46. The Labute approximate surface area is 195 Å². The van der Waals surface area contributed by atoms with Gasteiger partial charge in [-0.3, -0.25) is 4.79 Å². The maximum absolute atomic E-state index is 12.4. The van der Waals surface area contributed by atoms with Crippen molar-refractivity contribution in [3.05, 3.63) is 81.0 Å². The molecule has 162 valence electrons. The van der Waals surface area contributed by atoms with Crippen molar-refractivity contribution in [3.63, 3.8) is 0 Å². The van der Waals surface area contributed by atoms with E-state index in [1.54, 1.807) is 0 Å². The lowest BCUT2D eigenvalue weighted by atomic mass is 10.1. The lowest BCUT2D eigenvalue weighted by molar-refractivity contribution is -0.110. The average molecular weight is 491 g/mol. The highest BCUT2D eigenvalue weighted by atomic mass is 79.9. The van der Waals surface area contributed by atoms with Crippen LogP contribution in [0.1, 0.15) is 24.0 Å². The monoisotopic (exact) mass is 490 g/mol. The second-order valence-corrected chi connectivity index (χ2v) is 8.81. The molecule has 1 aliphatic carbocycles. The zero-order valence-electron chi connectivity index (χ0n) is 17.6. The van der Waals surface area contributed by atoms with Crippen LogP contribution in [0.3, 0.4) is 0 Å². The van der Waals surface area contributed by atoms with E-state index in [1.807, 2.05) is 30.5 Å². The molecule has 2 aliphatic heterocycles. The molecule has 0 aromatic heterocycles. The minimum atomic E-state index is -0.228. The quantitative estimate of drug-likeness (QED) is 0.501. The third-order valence-electron chi connectivity index (χ3n) is 5.81. The fraction of sp³-hybridized carbons (Fsp3) is 0.240. The molecule has 3 aliphatic rings. The Morgan fingerprint density at radius 2 is 1.88 bits per heavy atom. The van der Waals surface area contributed by atoms with E-state index in [-0.39, 0.29) is 5.91 Å². The maximum Gasteiger partial charge on any atom is 0.276 e. The van der Waals surface area contributed by atoms with E-state index in [0.717, 1.165) is 60.4 Å². The molecule has 6 nitrogen and oxygen atoms in total. The molecule has 0 saturated carbocycles. The first-order valence-corrected chi connectivity index (χ1v) is 11.5.